The fourth-order valence-corrected chi connectivity index (χ4v) is 2.43. The predicted octanol–water partition coefficient (Wildman–Crippen LogP) is 3.27. The normalized spacial score (nSPS) is 10.1. The molecule has 1 heterocycles. The Balaban J connectivity index is 2.15. The molecule has 0 aliphatic rings. The number of non-ortho nitro benzene ring substituents is 1. The van der Waals surface area contributed by atoms with Gasteiger partial charge in [0.25, 0.3) is 11.6 Å². The van der Waals surface area contributed by atoms with Crippen molar-refractivity contribution in [2.24, 2.45) is 0 Å². The lowest BCUT2D eigenvalue weighted by atomic mass is 10.0. The van der Waals surface area contributed by atoms with E-state index >= 15 is 0 Å². The van der Waals surface area contributed by atoms with Gasteiger partial charge in [0.15, 0.2) is 0 Å². The lowest BCUT2D eigenvalue weighted by Crippen LogP contribution is -2.13. The zero-order valence-corrected chi connectivity index (χ0v) is 12.3. The number of nitro groups is 1. The van der Waals surface area contributed by atoms with E-state index in [1.54, 1.807) is 36.4 Å². The Kier molecular flexibility index (Phi) is 3.87. The number of aromatic nitrogens is 1. The fraction of sp³-hybridized carbons (Fsp3) is 0. The van der Waals surface area contributed by atoms with Gasteiger partial charge in [-0.2, -0.15) is 5.26 Å². The van der Waals surface area contributed by atoms with Crippen LogP contribution in [-0.2, 0) is 0 Å². The number of nitrogens with zero attached hydrogens (tertiary/aromatic N) is 3. The first-order valence-corrected chi connectivity index (χ1v) is 6.94. The standard InChI is InChI=1S/C17H10N4O3/c18-10-11-7-8-15(21(23)24)12-4-3-6-13(16(11)12)20-17(22)14-5-1-2-9-19-14/h1-9H,(H,20,22). The van der Waals surface area contributed by atoms with Crippen LogP contribution in [0.4, 0.5) is 11.4 Å². The number of fused-ring (bicyclic) bond motifs is 1. The number of nitrogens with one attached hydrogen (secondary N) is 1. The number of hydrogen-bond acceptors (Lipinski definition) is 5. The molecule has 0 aliphatic heterocycles. The van der Waals surface area contributed by atoms with Crippen molar-refractivity contribution in [2.75, 3.05) is 5.32 Å². The first-order chi connectivity index (χ1) is 11.6. The Bertz CT molecular complexity index is 994. The molecule has 7 nitrogen and oxygen atoms in total. The molecular weight excluding hydrogens is 308 g/mol. The van der Waals surface area contributed by atoms with Crippen LogP contribution in [0.5, 0.6) is 0 Å². The van der Waals surface area contributed by atoms with E-state index in [1.807, 2.05) is 6.07 Å². The van der Waals surface area contributed by atoms with Crippen LogP contribution < -0.4 is 5.32 Å². The summed E-state index contributed by atoms with van der Waals surface area (Å²) in [6.07, 6.45) is 1.49. The molecule has 1 amide bonds. The molecule has 116 valence electrons. The Morgan fingerprint density at radius 1 is 1.17 bits per heavy atom. The third-order valence-electron chi connectivity index (χ3n) is 3.48. The number of nitro benzene ring substituents is 1. The topological polar surface area (TPSA) is 109 Å². The molecule has 3 aromatic rings. The van der Waals surface area contributed by atoms with Crippen molar-refractivity contribution >= 4 is 28.1 Å². The van der Waals surface area contributed by atoms with E-state index in [9.17, 15) is 20.2 Å². The van der Waals surface area contributed by atoms with Crippen LogP contribution >= 0.6 is 0 Å². The molecule has 0 bridgehead atoms. The summed E-state index contributed by atoms with van der Waals surface area (Å²) < 4.78 is 0. The highest BCUT2D eigenvalue weighted by atomic mass is 16.6. The van der Waals surface area contributed by atoms with E-state index in [0.29, 0.717) is 11.1 Å². The van der Waals surface area contributed by atoms with E-state index in [1.165, 1.54) is 18.3 Å². The first kappa shape index (κ1) is 15.1. The van der Waals surface area contributed by atoms with Crippen LogP contribution in [0.2, 0.25) is 0 Å². The second kappa shape index (κ2) is 6.14. The number of pyridine rings is 1. The Morgan fingerprint density at radius 2 is 2.00 bits per heavy atom. The molecule has 1 aromatic heterocycles. The second-order valence-electron chi connectivity index (χ2n) is 4.90. The number of nitriles is 1. The van der Waals surface area contributed by atoms with E-state index in [0.717, 1.165) is 0 Å². The summed E-state index contributed by atoms with van der Waals surface area (Å²) in [7, 11) is 0. The summed E-state index contributed by atoms with van der Waals surface area (Å²) in [5.41, 5.74) is 0.646. The van der Waals surface area contributed by atoms with Gasteiger partial charge in [0.2, 0.25) is 0 Å². The van der Waals surface area contributed by atoms with Crippen LogP contribution in [0.3, 0.4) is 0 Å². The molecule has 3 rings (SSSR count). The Hall–Kier alpha value is -3.79. The van der Waals surface area contributed by atoms with E-state index < -0.39 is 10.8 Å². The van der Waals surface area contributed by atoms with Crippen molar-refractivity contribution in [1.82, 2.24) is 4.98 Å². The predicted molar refractivity (Wildman–Crippen MR) is 87.5 cm³/mol. The zero-order chi connectivity index (χ0) is 17.1. The number of hydrogen-bond donors (Lipinski definition) is 1. The molecule has 0 unspecified atom stereocenters. The minimum Gasteiger partial charge on any atom is -0.320 e. The molecule has 1 N–H and O–H groups in total. The van der Waals surface area contributed by atoms with Gasteiger partial charge in [-0.1, -0.05) is 12.1 Å². The number of benzene rings is 2. The minimum absolute atomic E-state index is 0.127. The minimum atomic E-state index is -0.520. The lowest BCUT2D eigenvalue weighted by Gasteiger charge is -2.10. The number of amides is 1. The number of rotatable bonds is 3. The van der Waals surface area contributed by atoms with Gasteiger partial charge in [-0.05, 0) is 30.3 Å². The quantitative estimate of drug-likeness (QED) is 0.589. The highest BCUT2D eigenvalue weighted by Gasteiger charge is 2.18. The Morgan fingerprint density at radius 3 is 2.67 bits per heavy atom. The number of carbonyl (C=O) groups is 1. The van der Waals surface area contributed by atoms with Crippen molar-refractivity contribution in [3.05, 3.63) is 76.1 Å². The maximum atomic E-state index is 12.3. The van der Waals surface area contributed by atoms with Crippen molar-refractivity contribution in [3.8, 4) is 6.07 Å². The van der Waals surface area contributed by atoms with E-state index in [2.05, 4.69) is 10.3 Å². The van der Waals surface area contributed by atoms with Crippen LogP contribution in [0.25, 0.3) is 10.8 Å². The molecule has 7 heteroatoms. The SMILES string of the molecule is N#Cc1ccc([N+](=O)[O-])c2cccc(NC(=O)c3ccccn3)c12. The monoisotopic (exact) mass is 318 g/mol. The van der Waals surface area contributed by atoms with Crippen LogP contribution in [0.15, 0.2) is 54.7 Å². The maximum Gasteiger partial charge on any atom is 0.277 e. The molecule has 0 fully saturated rings. The molecule has 0 radical (unpaired) electrons. The zero-order valence-electron chi connectivity index (χ0n) is 12.3. The van der Waals surface area contributed by atoms with E-state index in [4.69, 9.17) is 0 Å². The third-order valence-corrected chi connectivity index (χ3v) is 3.48. The summed E-state index contributed by atoms with van der Waals surface area (Å²) in [5.74, 6) is -0.460. The molecule has 0 spiro atoms. The molecule has 0 saturated heterocycles. The van der Waals surface area contributed by atoms with Crippen LogP contribution in [0.1, 0.15) is 16.1 Å². The molecular formula is C17H10N4O3. The Labute approximate surface area is 136 Å². The molecule has 0 saturated carbocycles. The molecule has 0 aliphatic carbocycles. The fourth-order valence-electron chi connectivity index (χ4n) is 2.43. The van der Waals surface area contributed by atoms with Gasteiger partial charge in [0.1, 0.15) is 5.69 Å². The van der Waals surface area contributed by atoms with Crippen LogP contribution in [-0.4, -0.2) is 15.8 Å². The summed E-state index contributed by atoms with van der Waals surface area (Å²) >= 11 is 0. The number of anilines is 1. The highest BCUT2D eigenvalue weighted by molar-refractivity contribution is 6.11. The van der Waals surface area contributed by atoms with Crippen molar-refractivity contribution in [3.63, 3.8) is 0 Å². The molecule has 0 atom stereocenters. The van der Waals surface area contributed by atoms with Gasteiger partial charge in [0.05, 0.1) is 27.6 Å². The average molecular weight is 318 g/mol. The van der Waals surface area contributed by atoms with Crippen LogP contribution in [0, 0.1) is 21.4 Å². The smallest absolute Gasteiger partial charge is 0.277 e. The van der Waals surface area contributed by atoms with Gasteiger partial charge in [-0.25, -0.2) is 0 Å². The highest BCUT2D eigenvalue weighted by Crippen LogP contribution is 2.33. The molecule has 2 aromatic carbocycles. The third kappa shape index (κ3) is 2.64. The maximum absolute atomic E-state index is 12.3. The van der Waals surface area contributed by atoms with Crippen molar-refractivity contribution in [1.29, 1.82) is 5.26 Å². The van der Waals surface area contributed by atoms with Gasteiger partial charge in [0, 0.05) is 17.6 Å². The van der Waals surface area contributed by atoms with E-state index in [-0.39, 0.29) is 22.3 Å². The average Bonchev–Trinajstić information content (AvgIpc) is 2.61. The summed E-state index contributed by atoms with van der Waals surface area (Å²) in [4.78, 5) is 26.9. The number of carbonyl (C=O) groups excluding carboxylic acids is 1. The molecule has 24 heavy (non-hydrogen) atoms. The van der Waals surface area contributed by atoms with Gasteiger partial charge >= 0.3 is 0 Å². The van der Waals surface area contributed by atoms with Gasteiger partial charge in [-0.15, -0.1) is 0 Å². The van der Waals surface area contributed by atoms with Gasteiger partial charge < -0.3 is 5.32 Å². The second-order valence-corrected chi connectivity index (χ2v) is 4.90. The summed E-state index contributed by atoms with van der Waals surface area (Å²) in [6, 6.07) is 14.3. The largest absolute Gasteiger partial charge is 0.320 e. The van der Waals surface area contributed by atoms with Crippen molar-refractivity contribution in [2.45, 2.75) is 0 Å². The van der Waals surface area contributed by atoms with Crippen molar-refractivity contribution < 1.29 is 9.72 Å². The van der Waals surface area contributed by atoms with Gasteiger partial charge in [-0.3, -0.25) is 19.9 Å². The summed E-state index contributed by atoms with van der Waals surface area (Å²) in [6.45, 7) is 0. The first-order valence-electron chi connectivity index (χ1n) is 6.94. The summed E-state index contributed by atoms with van der Waals surface area (Å²) in [5, 5.41) is 23.8. The lowest BCUT2D eigenvalue weighted by molar-refractivity contribution is -0.383.